The van der Waals surface area contributed by atoms with Crippen molar-refractivity contribution < 1.29 is 5.11 Å². The van der Waals surface area contributed by atoms with Crippen molar-refractivity contribution in [2.45, 2.75) is 63.7 Å². The van der Waals surface area contributed by atoms with Gasteiger partial charge in [-0.25, -0.2) is 0 Å². The second-order valence-electron chi connectivity index (χ2n) is 7.61. The third kappa shape index (κ3) is 3.60. The first kappa shape index (κ1) is 16.1. The molecule has 0 bridgehead atoms. The summed E-state index contributed by atoms with van der Waals surface area (Å²) >= 11 is 0. The first-order valence-electron chi connectivity index (χ1n) is 8.94. The molecule has 1 saturated carbocycles. The smallest absolute Gasteiger partial charge is 0.118 e. The van der Waals surface area contributed by atoms with Gasteiger partial charge >= 0.3 is 0 Å². The molecule has 2 aromatic carbocycles. The van der Waals surface area contributed by atoms with Crippen LogP contribution in [-0.4, -0.2) is 5.11 Å². The summed E-state index contributed by atoms with van der Waals surface area (Å²) in [5.41, 5.74) is 4.05. The summed E-state index contributed by atoms with van der Waals surface area (Å²) in [7, 11) is 0. The Labute approximate surface area is 140 Å². The Balaban J connectivity index is 1.91. The maximum Gasteiger partial charge on any atom is 0.118 e. The summed E-state index contributed by atoms with van der Waals surface area (Å²) in [5, 5.41) is 10.1. The summed E-state index contributed by atoms with van der Waals surface area (Å²) in [6.45, 7) is 4.61. The molecule has 23 heavy (non-hydrogen) atoms. The van der Waals surface area contributed by atoms with E-state index >= 15 is 0 Å². The molecule has 0 unspecified atom stereocenters. The van der Waals surface area contributed by atoms with Gasteiger partial charge in [-0.1, -0.05) is 75.6 Å². The number of hydrogen-bond acceptors (Lipinski definition) is 1. The Kier molecular flexibility index (Phi) is 4.75. The van der Waals surface area contributed by atoms with Crippen LogP contribution >= 0.6 is 0 Å². The topological polar surface area (TPSA) is 20.2 Å². The van der Waals surface area contributed by atoms with Crippen LogP contribution in [-0.2, 0) is 11.8 Å². The molecule has 122 valence electrons. The normalized spacial score (nSPS) is 16.4. The summed E-state index contributed by atoms with van der Waals surface area (Å²) in [5.74, 6) is 1.12. The van der Waals surface area contributed by atoms with Crippen molar-refractivity contribution in [1.82, 2.24) is 0 Å². The Morgan fingerprint density at radius 2 is 1.57 bits per heavy atom. The van der Waals surface area contributed by atoms with Crippen molar-refractivity contribution >= 4 is 0 Å². The molecular formula is C22H28O. The SMILES string of the molecule is CC(C)(Cc1ccccc1O)c1ccccc1C1CCCCC1. The van der Waals surface area contributed by atoms with E-state index < -0.39 is 0 Å². The van der Waals surface area contributed by atoms with Gasteiger partial charge in [-0.05, 0) is 53.4 Å². The monoisotopic (exact) mass is 308 g/mol. The highest BCUT2D eigenvalue weighted by atomic mass is 16.3. The van der Waals surface area contributed by atoms with Gasteiger partial charge in [0, 0.05) is 0 Å². The van der Waals surface area contributed by atoms with Crippen molar-refractivity contribution in [2.75, 3.05) is 0 Å². The number of benzene rings is 2. The second kappa shape index (κ2) is 6.78. The summed E-state index contributed by atoms with van der Waals surface area (Å²) in [6.07, 6.45) is 7.62. The summed E-state index contributed by atoms with van der Waals surface area (Å²) in [6, 6.07) is 16.7. The van der Waals surface area contributed by atoms with E-state index in [4.69, 9.17) is 0 Å². The van der Waals surface area contributed by atoms with Crippen molar-refractivity contribution in [1.29, 1.82) is 0 Å². The van der Waals surface area contributed by atoms with E-state index in [1.165, 1.54) is 43.2 Å². The van der Waals surface area contributed by atoms with Crippen LogP contribution in [0.1, 0.15) is 68.6 Å². The van der Waals surface area contributed by atoms with Gasteiger partial charge in [0.1, 0.15) is 5.75 Å². The fraction of sp³-hybridized carbons (Fsp3) is 0.455. The maximum atomic E-state index is 10.1. The lowest BCUT2D eigenvalue weighted by atomic mass is 9.72. The largest absolute Gasteiger partial charge is 0.508 e. The fourth-order valence-corrected chi connectivity index (χ4v) is 4.11. The number of phenols is 1. The third-order valence-electron chi connectivity index (χ3n) is 5.36. The molecule has 1 aliphatic rings. The van der Waals surface area contributed by atoms with Crippen LogP contribution in [0.3, 0.4) is 0 Å². The number of phenolic OH excluding ortho intramolecular Hbond substituents is 1. The highest BCUT2D eigenvalue weighted by molar-refractivity contribution is 5.40. The van der Waals surface area contributed by atoms with Crippen LogP contribution < -0.4 is 0 Å². The number of aromatic hydroxyl groups is 1. The van der Waals surface area contributed by atoms with Crippen LogP contribution in [0.5, 0.6) is 5.75 Å². The predicted octanol–water partition coefficient (Wildman–Crippen LogP) is 5.96. The Bertz CT molecular complexity index is 651. The molecule has 0 heterocycles. The van der Waals surface area contributed by atoms with Crippen LogP contribution in [0.25, 0.3) is 0 Å². The van der Waals surface area contributed by atoms with Crippen molar-refractivity contribution in [2.24, 2.45) is 0 Å². The zero-order valence-corrected chi connectivity index (χ0v) is 14.4. The number of hydrogen-bond donors (Lipinski definition) is 1. The first-order chi connectivity index (χ1) is 11.1. The van der Waals surface area contributed by atoms with E-state index in [2.05, 4.69) is 38.1 Å². The number of para-hydroxylation sites is 1. The Morgan fingerprint density at radius 1 is 0.913 bits per heavy atom. The predicted molar refractivity (Wildman–Crippen MR) is 97.1 cm³/mol. The molecule has 0 radical (unpaired) electrons. The van der Waals surface area contributed by atoms with Crippen LogP contribution in [0.4, 0.5) is 0 Å². The lowest BCUT2D eigenvalue weighted by Gasteiger charge is -2.32. The Morgan fingerprint density at radius 3 is 2.30 bits per heavy atom. The molecule has 3 rings (SSSR count). The van der Waals surface area contributed by atoms with Gasteiger partial charge in [-0.15, -0.1) is 0 Å². The molecule has 0 aliphatic heterocycles. The zero-order valence-electron chi connectivity index (χ0n) is 14.4. The van der Waals surface area contributed by atoms with Crippen LogP contribution in [0.15, 0.2) is 48.5 Å². The van der Waals surface area contributed by atoms with Crippen LogP contribution in [0, 0.1) is 0 Å². The standard InChI is InChI=1S/C22H28O/c1-22(2,16-18-12-6-9-15-21(18)23)20-14-8-7-13-19(20)17-10-4-3-5-11-17/h6-9,12-15,17,23H,3-5,10-11,16H2,1-2H3. The van der Waals surface area contributed by atoms with Crippen molar-refractivity contribution in [3.63, 3.8) is 0 Å². The molecule has 0 spiro atoms. The van der Waals surface area contributed by atoms with Crippen LogP contribution in [0.2, 0.25) is 0 Å². The van der Waals surface area contributed by atoms with E-state index in [1.54, 1.807) is 6.07 Å². The molecule has 2 aromatic rings. The molecule has 1 aliphatic carbocycles. The summed E-state index contributed by atoms with van der Waals surface area (Å²) in [4.78, 5) is 0. The van der Waals surface area contributed by atoms with E-state index in [-0.39, 0.29) is 5.41 Å². The zero-order chi connectivity index (χ0) is 16.3. The highest BCUT2D eigenvalue weighted by Crippen LogP contribution is 2.40. The van der Waals surface area contributed by atoms with Gasteiger partial charge in [0.25, 0.3) is 0 Å². The van der Waals surface area contributed by atoms with Gasteiger partial charge in [-0.3, -0.25) is 0 Å². The van der Waals surface area contributed by atoms with E-state index in [0.717, 1.165) is 12.0 Å². The molecule has 0 amide bonds. The average molecular weight is 308 g/mol. The van der Waals surface area contributed by atoms with Crippen molar-refractivity contribution in [3.05, 3.63) is 65.2 Å². The van der Waals surface area contributed by atoms with Gasteiger partial charge in [-0.2, -0.15) is 0 Å². The summed E-state index contributed by atoms with van der Waals surface area (Å²) < 4.78 is 0. The molecule has 1 nitrogen and oxygen atoms in total. The van der Waals surface area contributed by atoms with E-state index in [9.17, 15) is 5.11 Å². The minimum atomic E-state index is 0.0207. The molecule has 0 atom stereocenters. The van der Waals surface area contributed by atoms with Gasteiger partial charge < -0.3 is 5.11 Å². The maximum absolute atomic E-state index is 10.1. The minimum Gasteiger partial charge on any atom is -0.508 e. The lowest BCUT2D eigenvalue weighted by Crippen LogP contribution is -2.24. The van der Waals surface area contributed by atoms with Crippen molar-refractivity contribution in [3.8, 4) is 5.75 Å². The Hall–Kier alpha value is -1.76. The van der Waals surface area contributed by atoms with E-state index in [0.29, 0.717) is 11.7 Å². The quantitative estimate of drug-likeness (QED) is 0.738. The van der Waals surface area contributed by atoms with Gasteiger partial charge in [0.15, 0.2) is 0 Å². The molecule has 0 saturated heterocycles. The van der Waals surface area contributed by atoms with Gasteiger partial charge in [0.2, 0.25) is 0 Å². The average Bonchev–Trinajstić information content (AvgIpc) is 2.58. The molecule has 1 fully saturated rings. The fourth-order valence-electron chi connectivity index (χ4n) is 4.11. The highest BCUT2D eigenvalue weighted by Gasteiger charge is 2.28. The second-order valence-corrected chi connectivity index (χ2v) is 7.61. The molecule has 0 aromatic heterocycles. The molecule has 1 N–H and O–H groups in total. The third-order valence-corrected chi connectivity index (χ3v) is 5.36. The lowest BCUT2D eigenvalue weighted by molar-refractivity contribution is 0.425. The molecule has 1 heteroatoms. The first-order valence-corrected chi connectivity index (χ1v) is 8.94. The number of rotatable bonds is 4. The van der Waals surface area contributed by atoms with Gasteiger partial charge in [0.05, 0.1) is 0 Å². The minimum absolute atomic E-state index is 0.0207. The van der Waals surface area contributed by atoms with E-state index in [1.807, 2.05) is 18.2 Å². The molecular weight excluding hydrogens is 280 g/mol.